The fourth-order valence-corrected chi connectivity index (χ4v) is 6.06. The molecule has 0 bridgehead atoms. The van der Waals surface area contributed by atoms with Crippen LogP contribution in [0.5, 0.6) is 11.5 Å². The molecule has 1 aliphatic carbocycles. The van der Waals surface area contributed by atoms with Crippen LogP contribution in [0.3, 0.4) is 0 Å². The van der Waals surface area contributed by atoms with Crippen LogP contribution in [0.25, 0.3) is 5.65 Å². The van der Waals surface area contributed by atoms with Crippen molar-refractivity contribution in [3.05, 3.63) is 77.2 Å². The molecule has 0 saturated heterocycles. The highest BCUT2D eigenvalue weighted by Crippen LogP contribution is 2.41. The number of carbonyl (C=O) groups is 1. The molecule has 0 fully saturated rings. The summed E-state index contributed by atoms with van der Waals surface area (Å²) in [7, 11) is -2.16. The van der Waals surface area contributed by atoms with E-state index in [0.717, 1.165) is 34.4 Å². The number of amides is 2. The summed E-state index contributed by atoms with van der Waals surface area (Å²) in [5, 5.41) is 14.6. The molecule has 0 aliphatic heterocycles. The number of ether oxygens (including phenoxy) is 2. The molecule has 0 radical (unpaired) electrons. The number of hydrogen-bond acceptors (Lipinski definition) is 7. The normalized spacial score (nSPS) is 16.8. The van der Waals surface area contributed by atoms with Gasteiger partial charge in [0.15, 0.2) is 11.4 Å². The fraction of sp³-hybridized carbons (Fsp3) is 0.406. The Hall–Kier alpha value is -4.32. The van der Waals surface area contributed by atoms with Crippen LogP contribution in [0.4, 0.5) is 16.2 Å². The first kappa shape index (κ1) is 31.1. The van der Waals surface area contributed by atoms with Gasteiger partial charge in [0, 0.05) is 5.92 Å². The lowest BCUT2D eigenvalue weighted by molar-refractivity contribution is 0.171. The van der Waals surface area contributed by atoms with Gasteiger partial charge in [-0.1, -0.05) is 58.9 Å². The second-order valence-electron chi connectivity index (χ2n) is 12.5. The standard InChI is InChI=1S/C32H40N6O5S/c1-19(2)30-36-35-28-15-12-21(18-38(28)30)43-27-14-13-24(22-10-8-9-11-23(22)27)33-31(39)34-25-16-20(32(3,4)5)17-26(29(25)42-6)37-44(7,40)41/h8-12,15-19,24,27,37H,13-14H2,1-7H3,(H2,33,34,39)/t24-,27-/m0/s1. The molecule has 0 unspecified atom stereocenters. The van der Waals surface area contributed by atoms with Crippen molar-refractivity contribution in [2.24, 2.45) is 0 Å². The first-order valence-electron chi connectivity index (χ1n) is 14.6. The summed E-state index contributed by atoms with van der Waals surface area (Å²) in [5.74, 6) is 2.02. The largest absolute Gasteiger partial charge is 0.492 e. The third kappa shape index (κ3) is 6.75. The highest BCUT2D eigenvalue weighted by molar-refractivity contribution is 7.92. The zero-order valence-corrected chi connectivity index (χ0v) is 27.0. The van der Waals surface area contributed by atoms with E-state index >= 15 is 0 Å². The zero-order valence-electron chi connectivity index (χ0n) is 26.1. The first-order valence-corrected chi connectivity index (χ1v) is 16.5. The molecule has 234 valence electrons. The van der Waals surface area contributed by atoms with Gasteiger partial charge < -0.3 is 20.1 Å². The third-order valence-corrected chi connectivity index (χ3v) is 8.23. The van der Waals surface area contributed by atoms with Gasteiger partial charge in [-0.15, -0.1) is 10.2 Å². The van der Waals surface area contributed by atoms with Crippen LogP contribution in [-0.2, 0) is 15.4 Å². The minimum absolute atomic E-state index is 0.197. The average molecular weight is 621 g/mol. The van der Waals surface area contributed by atoms with Gasteiger partial charge >= 0.3 is 6.03 Å². The molecule has 1 aliphatic rings. The van der Waals surface area contributed by atoms with Crippen LogP contribution in [0.2, 0.25) is 0 Å². The summed E-state index contributed by atoms with van der Waals surface area (Å²) >= 11 is 0. The van der Waals surface area contributed by atoms with E-state index in [2.05, 4.69) is 39.4 Å². The highest BCUT2D eigenvalue weighted by atomic mass is 32.2. The number of rotatable bonds is 8. The van der Waals surface area contributed by atoms with Gasteiger partial charge in [0.1, 0.15) is 17.7 Å². The van der Waals surface area contributed by atoms with E-state index in [-0.39, 0.29) is 34.9 Å². The minimum atomic E-state index is -3.59. The number of methoxy groups -OCH3 is 1. The number of hydrogen-bond donors (Lipinski definition) is 3. The van der Waals surface area contributed by atoms with Crippen molar-refractivity contribution in [3.8, 4) is 11.5 Å². The van der Waals surface area contributed by atoms with E-state index < -0.39 is 16.1 Å². The van der Waals surface area contributed by atoms with Gasteiger partial charge in [0.05, 0.1) is 37.0 Å². The number of anilines is 2. The Balaban J connectivity index is 1.37. The van der Waals surface area contributed by atoms with Crippen LogP contribution in [-0.4, -0.2) is 42.4 Å². The first-order chi connectivity index (χ1) is 20.7. The Bertz CT molecular complexity index is 1790. The number of pyridine rings is 1. The van der Waals surface area contributed by atoms with Crippen molar-refractivity contribution in [2.75, 3.05) is 23.4 Å². The Morgan fingerprint density at radius 2 is 1.73 bits per heavy atom. The van der Waals surface area contributed by atoms with Crippen LogP contribution in [0, 0.1) is 0 Å². The SMILES string of the molecule is COc1c(NC(=O)N[C@H]2CC[C@H](Oc3ccc4nnc(C(C)C)n4c3)c3ccccc32)cc(C(C)(C)C)cc1NS(C)(=O)=O. The average Bonchev–Trinajstić information content (AvgIpc) is 3.36. The molecule has 2 atom stereocenters. The van der Waals surface area contributed by atoms with Gasteiger partial charge in [0.25, 0.3) is 0 Å². The molecule has 0 spiro atoms. The number of sulfonamides is 1. The van der Waals surface area contributed by atoms with E-state index in [1.54, 1.807) is 6.07 Å². The molecule has 44 heavy (non-hydrogen) atoms. The van der Waals surface area contributed by atoms with Crippen molar-refractivity contribution in [3.63, 3.8) is 0 Å². The maximum atomic E-state index is 13.4. The summed E-state index contributed by atoms with van der Waals surface area (Å²) < 4.78 is 40.7. The second kappa shape index (κ2) is 12.0. The molecule has 2 heterocycles. The molecule has 2 aromatic heterocycles. The van der Waals surface area contributed by atoms with E-state index in [9.17, 15) is 13.2 Å². The van der Waals surface area contributed by atoms with Gasteiger partial charge in [-0.3, -0.25) is 9.12 Å². The van der Waals surface area contributed by atoms with Gasteiger partial charge in [-0.2, -0.15) is 0 Å². The number of benzene rings is 2. The van der Waals surface area contributed by atoms with Crippen molar-refractivity contribution in [2.45, 2.75) is 70.9 Å². The smallest absolute Gasteiger partial charge is 0.319 e. The lowest BCUT2D eigenvalue weighted by atomic mass is 9.85. The second-order valence-corrected chi connectivity index (χ2v) is 14.2. The summed E-state index contributed by atoms with van der Waals surface area (Å²) in [5.41, 5.74) is 3.87. The van der Waals surface area contributed by atoms with E-state index in [1.165, 1.54) is 7.11 Å². The fourth-order valence-electron chi connectivity index (χ4n) is 5.51. The van der Waals surface area contributed by atoms with Crippen molar-refractivity contribution >= 4 is 33.1 Å². The highest BCUT2D eigenvalue weighted by Gasteiger charge is 2.30. The number of nitrogens with zero attached hydrogens (tertiary/aromatic N) is 3. The van der Waals surface area contributed by atoms with Crippen LogP contribution >= 0.6 is 0 Å². The van der Waals surface area contributed by atoms with Gasteiger partial charge in [-0.25, -0.2) is 13.2 Å². The number of fused-ring (bicyclic) bond motifs is 2. The predicted octanol–water partition coefficient (Wildman–Crippen LogP) is 6.31. The number of nitrogens with one attached hydrogen (secondary N) is 3. The molecular weight excluding hydrogens is 580 g/mol. The van der Waals surface area contributed by atoms with Crippen LogP contribution in [0.1, 0.15) is 88.0 Å². The number of urea groups is 1. The Kier molecular flexibility index (Phi) is 8.48. The number of aromatic nitrogens is 3. The van der Waals surface area contributed by atoms with Gasteiger partial charge in [-0.05, 0) is 59.2 Å². The Labute approximate surface area is 258 Å². The quantitative estimate of drug-likeness (QED) is 0.210. The van der Waals surface area contributed by atoms with E-state index in [1.807, 2.05) is 73.8 Å². The molecule has 2 aromatic carbocycles. The molecule has 4 aromatic rings. The summed E-state index contributed by atoms with van der Waals surface area (Å²) in [6.45, 7) is 10.2. The van der Waals surface area contributed by atoms with E-state index in [0.29, 0.717) is 24.3 Å². The third-order valence-electron chi connectivity index (χ3n) is 7.64. The molecule has 5 rings (SSSR count). The topological polar surface area (TPSA) is 136 Å². The van der Waals surface area contributed by atoms with Crippen molar-refractivity contribution in [1.29, 1.82) is 0 Å². The zero-order chi connectivity index (χ0) is 31.8. The molecule has 12 heteroatoms. The molecule has 0 saturated carbocycles. The lowest BCUT2D eigenvalue weighted by Crippen LogP contribution is -2.35. The molecule has 2 amide bonds. The van der Waals surface area contributed by atoms with Crippen LogP contribution in [0.15, 0.2) is 54.7 Å². The summed E-state index contributed by atoms with van der Waals surface area (Å²) in [4.78, 5) is 13.4. The number of carbonyl (C=O) groups excluding carboxylic acids is 1. The Morgan fingerprint density at radius 3 is 2.39 bits per heavy atom. The predicted molar refractivity (Wildman–Crippen MR) is 171 cm³/mol. The summed E-state index contributed by atoms with van der Waals surface area (Å²) in [6, 6.07) is 14.6. The Morgan fingerprint density at radius 1 is 1.02 bits per heavy atom. The lowest BCUT2D eigenvalue weighted by Gasteiger charge is -2.32. The van der Waals surface area contributed by atoms with Crippen LogP contribution < -0.4 is 24.8 Å². The minimum Gasteiger partial charge on any atom is -0.492 e. The maximum absolute atomic E-state index is 13.4. The van der Waals surface area contributed by atoms with E-state index in [4.69, 9.17) is 9.47 Å². The maximum Gasteiger partial charge on any atom is 0.319 e. The van der Waals surface area contributed by atoms with Crippen molar-refractivity contribution in [1.82, 2.24) is 19.9 Å². The van der Waals surface area contributed by atoms with Gasteiger partial charge in [0.2, 0.25) is 10.0 Å². The molecule has 3 N–H and O–H groups in total. The molecular formula is C32H40N6O5S. The van der Waals surface area contributed by atoms with Crippen molar-refractivity contribution < 1.29 is 22.7 Å². The monoisotopic (exact) mass is 620 g/mol. The summed E-state index contributed by atoms with van der Waals surface area (Å²) in [6.07, 6.45) is 4.14. The molecule has 11 nitrogen and oxygen atoms in total.